The van der Waals surface area contributed by atoms with Gasteiger partial charge in [0.05, 0.1) is 17.9 Å². The van der Waals surface area contributed by atoms with Gasteiger partial charge in [-0.1, -0.05) is 25.0 Å². The molecule has 3 rings (SSSR count). The fourth-order valence-corrected chi connectivity index (χ4v) is 3.28. The maximum Gasteiger partial charge on any atom is 0.405 e. The molecule has 0 radical (unpaired) electrons. The number of unbranched alkanes of at least 4 members (excludes halogenated alkanes) is 2. The van der Waals surface area contributed by atoms with Crippen molar-refractivity contribution in [3.8, 4) is 11.3 Å². The Kier molecular flexibility index (Phi) is 6.78. The van der Waals surface area contributed by atoms with E-state index >= 15 is 0 Å². The minimum atomic E-state index is -1.09. The second-order valence-electron chi connectivity index (χ2n) is 6.89. The number of carboxylic acid groups (broad SMARTS) is 1. The van der Waals surface area contributed by atoms with Crippen LogP contribution >= 0.6 is 0 Å². The molecule has 0 saturated carbocycles. The van der Waals surface area contributed by atoms with Gasteiger partial charge in [0, 0.05) is 36.8 Å². The Morgan fingerprint density at radius 1 is 1.14 bits per heavy atom. The van der Waals surface area contributed by atoms with Gasteiger partial charge < -0.3 is 20.7 Å². The molecule has 2 heterocycles. The van der Waals surface area contributed by atoms with E-state index < -0.39 is 12.1 Å². The number of nitrogens with zero attached hydrogens (tertiary/aromatic N) is 2. The van der Waals surface area contributed by atoms with Crippen LogP contribution in [-0.2, 0) is 4.79 Å². The van der Waals surface area contributed by atoms with Gasteiger partial charge in [-0.25, -0.2) is 9.78 Å². The molecule has 3 aromatic rings. The number of carbonyl (C=O) groups excluding carboxylic acids is 1. The molecule has 0 fully saturated rings. The van der Waals surface area contributed by atoms with E-state index in [1.165, 1.54) is 0 Å². The normalized spacial score (nSPS) is 11.9. The van der Waals surface area contributed by atoms with Gasteiger partial charge in [-0.2, -0.15) is 0 Å². The van der Waals surface area contributed by atoms with Crippen molar-refractivity contribution in [2.24, 2.45) is 0 Å². The molecule has 0 spiro atoms. The van der Waals surface area contributed by atoms with Crippen LogP contribution in [0, 0.1) is 0 Å². The molecule has 29 heavy (non-hydrogen) atoms. The van der Waals surface area contributed by atoms with Crippen LogP contribution in [0.15, 0.2) is 42.9 Å². The molecule has 0 aliphatic carbocycles. The van der Waals surface area contributed by atoms with Crippen LogP contribution in [-0.4, -0.2) is 39.1 Å². The van der Waals surface area contributed by atoms with Crippen LogP contribution < -0.4 is 10.6 Å². The molecular formula is C21H25N5O3. The molecule has 0 saturated heterocycles. The van der Waals surface area contributed by atoms with Gasteiger partial charge in [-0.3, -0.25) is 9.78 Å². The first kappa shape index (κ1) is 20.3. The van der Waals surface area contributed by atoms with Crippen molar-refractivity contribution in [1.29, 1.82) is 0 Å². The smallest absolute Gasteiger partial charge is 0.405 e. The number of benzene rings is 1. The summed E-state index contributed by atoms with van der Waals surface area (Å²) < 4.78 is 0. The largest absolute Gasteiger partial charge is 0.465 e. The summed E-state index contributed by atoms with van der Waals surface area (Å²) in [5, 5.41) is 16.4. The number of H-pyrrole nitrogens is 1. The van der Waals surface area contributed by atoms with Crippen LogP contribution in [0.2, 0.25) is 0 Å². The molecule has 8 nitrogen and oxygen atoms in total. The third-order valence-electron chi connectivity index (χ3n) is 4.85. The molecule has 8 heteroatoms. The highest BCUT2D eigenvalue weighted by Crippen LogP contribution is 2.25. The minimum absolute atomic E-state index is 0.0199. The van der Waals surface area contributed by atoms with Gasteiger partial charge in [0.1, 0.15) is 5.82 Å². The molecule has 2 amide bonds. The molecule has 0 bridgehead atoms. The van der Waals surface area contributed by atoms with Crippen molar-refractivity contribution in [2.45, 2.75) is 38.1 Å². The number of imidazole rings is 1. The first-order chi connectivity index (χ1) is 14.1. The average Bonchev–Trinajstić information content (AvgIpc) is 3.22. The first-order valence-electron chi connectivity index (χ1n) is 9.66. The summed E-state index contributed by atoms with van der Waals surface area (Å²) in [7, 11) is 1.62. The van der Waals surface area contributed by atoms with Gasteiger partial charge in [0.15, 0.2) is 0 Å². The fourth-order valence-electron chi connectivity index (χ4n) is 3.28. The van der Waals surface area contributed by atoms with Crippen LogP contribution in [0.25, 0.3) is 22.0 Å². The minimum Gasteiger partial charge on any atom is -0.465 e. The molecule has 152 valence electrons. The average molecular weight is 395 g/mol. The molecule has 1 aromatic carbocycles. The Morgan fingerprint density at radius 3 is 2.79 bits per heavy atom. The van der Waals surface area contributed by atoms with E-state index in [4.69, 9.17) is 0 Å². The van der Waals surface area contributed by atoms with Crippen molar-refractivity contribution in [1.82, 2.24) is 25.6 Å². The Hall–Kier alpha value is -3.42. The van der Waals surface area contributed by atoms with E-state index in [1.807, 2.05) is 30.5 Å². The number of carbonyl (C=O) groups is 2. The monoisotopic (exact) mass is 395 g/mol. The van der Waals surface area contributed by atoms with Crippen LogP contribution in [0.4, 0.5) is 4.79 Å². The standard InChI is InChI=1S/C21H25N5O3/c1-22-19(27)6-4-2-3-5-17(26-21(28)29)20-24-13-18(25-20)15-8-7-14-9-10-23-12-16(14)11-15/h7-13,17,26H,2-6H2,1H3,(H,22,27)(H,24,25)(H,28,29). The third kappa shape index (κ3) is 5.54. The van der Waals surface area contributed by atoms with Crippen molar-refractivity contribution < 1.29 is 14.7 Å². The van der Waals surface area contributed by atoms with Gasteiger partial charge in [0.2, 0.25) is 5.91 Å². The van der Waals surface area contributed by atoms with Crippen molar-refractivity contribution in [3.63, 3.8) is 0 Å². The van der Waals surface area contributed by atoms with Gasteiger partial charge in [-0.15, -0.1) is 0 Å². The number of hydrogen-bond donors (Lipinski definition) is 4. The van der Waals surface area contributed by atoms with Gasteiger partial charge in [0.25, 0.3) is 0 Å². The molecule has 4 N–H and O–H groups in total. The predicted octanol–water partition coefficient (Wildman–Crippen LogP) is 3.63. The van der Waals surface area contributed by atoms with E-state index in [0.29, 0.717) is 18.7 Å². The molecule has 2 aromatic heterocycles. The topological polar surface area (TPSA) is 120 Å². The summed E-state index contributed by atoms with van der Waals surface area (Å²) in [4.78, 5) is 34.3. The SMILES string of the molecule is CNC(=O)CCCCCC(NC(=O)O)c1ncc(-c2ccc3ccncc3c2)[nH]1. The zero-order valence-electron chi connectivity index (χ0n) is 16.3. The van der Waals surface area contributed by atoms with E-state index in [-0.39, 0.29) is 5.91 Å². The van der Waals surface area contributed by atoms with Crippen molar-refractivity contribution in [3.05, 3.63) is 48.7 Å². The van der Waals surface area contributed by atoms with Crippen molar-refractivity contribution >= 4 is 22.8 Å². The molecule has 1 unspecified atom stereocenters. The Labute approximate surface area is 168 Å². The van der Waals surface area contributed by atoms with Crippen molar-refractivity contribution in [2.75, 3.05) is 7.05 Å². The highest BCUT2D eigenvalue weighted by atomic mass is 16.4. The summed E-state index contributed by atoms with van der Waals surface area (Å²) in [6.07, 6.45) is 7.69. The summed E-state index contributed by atoms with van der Waals surface area (Å²) in [5.74, 6) is 0.603. The lowest BCUT2D eigenvalue weighted by atomic mass is 10.1. The maximum atomic E-state index is 11.3. The quantitative estimate of drug-likeness (QED) is 0.412. The summed E-state index contributed by atoms with van der Waals surface area (Å²) >= 11 is 0. The van der Waals surface area contributed by atoms with Gasteiger partial charge in [-0.05, 0) is 30.4 Å². The highest BCUT2D eigenvalue weighted by Gasteiger charge is 2.18. The Balaban J connectivity index is 1.67. The lowest BCUT2D eigenvalue weighted by Crippen LogP contribution is -2.27. The second-order valence-corrected chi connectivity index (χ2v) is 6.89. The lowest BCUT2D eigenvalue weighted by Gasteiger charge is -2.14. The Morgan fingerprint density at radius 2 is 2.00 bits per heavy atom. The van der Waals surface area contributed by atoms with E-state index in [1.54, 1.807) is 19.4 Å². The number of hydrogen-bond acceptors (Lipinski definition) is 4. The van der Waals surface area contributed by atoms with E-state index in [9.17, 15) is 14.7 Å². The zero-order chi connectivity index (χ0) is 20.6. The van der Waals surface area contributed by atoms with E-state index in [0.717, 1.165) is 41.3 Å². The number of aromatic nitrogens is 3. The van der Waals surface area contributed by atoms with Gasteiger partial charge >= 0.3 is 6.09 Å². The second kappa shape index (κ2) is 9.68. The third-order valence-corrected chi connectivity index (χ3v) is 4.85. The summed E-state index contributed by atoms with van der Waals surface area (Å²) in [6, 6.07) is 7.57. The first-order valence-corrected chi connectivity index (χ1v) is 9.66. The van der Waals surface area contributed by atoms with Crippen LogP contribution in [0.3, 0.4) is 0 Å². The fraction of sp³-hybridized carbons (Fsp3) is 0.333. The number of pyridine rings is 1. The Bertz CT molecular complexity index is 985. The molecule has 1 atom stereocenters. The highest BCUT2D eigenvalue weighted by molar-refractivity contribution is 5.85. The summed E-state index contributed by atoms with van der Waals surface area (Å²) in [5.41, 5.74) is 1.78. The molecular weight excluding hydrogens is 370 g/mol. The van der Waals surface area contributed by atoms with Crippen LogP contribution in [0.5, 0.6) is 0 Å². The number of aromatic amines is 1. The van der Waals surface area contributed by atoms with Crippen LogP contribution in [0.1, 0.15) is 44.0 Å². The number of fused-ring (bicyclic) bond motifs is 1. The number of amides is 2. The molecule has 0 aliphatic heterocycles. The summed E-state index contributed by atoms with van der Waals surface area (Å²) in [6.45, 7) is 0. The zero-order valence-corrected chi connectivity index (χ0v) is 16.3. The number of rotatable bonds is 9. The number of nitrogens with one attached hydrogen (secondary N) is 3. The molecule has 0 aliphatic rings. The maximum absolute atomic E-state index is 11.3. The lowest BCUT2D eigenvalue weighted by molar-refractivity contribution is -0.120. The predicted molar refractivity (Wildman–Crippen MR) is 110 cm³/mol. The van der Waals surface area contributed by atoms with E-state index in [2.05, 4.69) is 25.6 Å².